The first-order valence-electron chi connectivity index (χ1n) is 5.95. The lowest BCUT2D eigenvalue weighted by molar-refractivity contribution is -0.146. The molecular formula is C11H16N4O3. The minimum absolute atomic E-state index is 0.0322. The molecule has 18 heavy (non-hydrogen) atoms. The Morgan fingerprint density at radius 2 is 2.11 bits per heavy atom. The van der Waals surface area contributed by atoms with Gasteiger partial charge in [0.2, 0.25) is 0 Å². The number of nitrogens with one attached hydrogen (secondary N) is 2. The first kappa shape index (κ1) is 12.5. The largest absolute Gasteiger partial charge is 0.469 e. The van der Waals surface area contributed by atoms with Crippen LogP contribution in [0.25, 0.3) is 0 Å². The van der Waals surface area contributed by atoms with Gasteiger partial charge in [-0.05, 0) is 25.7 Å². The van der Waals surface area contributed by atoms with E-state index in [1.807, 2.05) is 0 Å². The number of carbonyl (C=O) groups excluding carboxylic acids is 2. The average molecular weight is 252 g/mol. The zero-order valence-electron chi connectivity index (χ0n) is 10.2. The number of H-pyrrole nitrogens is 1. The molecule has 1 aromatic heterocycles. The fourth-order valence-electron chi connectivity index (χ4n) is 2.21. The van der Waals surface area contributed by atoms with E-state index in [0.29, 0.717) is 0 Å². The Balaban J connectivity index is 1.80. The Kier molecular flexibility index (Phi) is 3.91. The van der Waals surface area contributed by atoms with Gasteiger partial charge in [-0.1, -0.05) is 0 Å². The van der Waals surface area contributed by atoms with E-state index < -0.39 is 0 Å². The van der Waals surface area contributed by atoms with Crippen LogP contribution in [0, 0.1) is 5.92 Å². The van der Waals surface area contributed by atoms with E-state index in [1.54, 1.807) is 0 Å². The number of amides is 1. The first-order chi connectivity index (χ1) is 8.70. The number of esters is 1. The Labute approximate surface area is 104 Å². The van der Waals surface area contributed by atoms with Crippen molar-refractivity contribution in [1.29, 1.82) is 0 Å². The molecule has 2 N–H and O–H groups in total. The van der Waals surface area contributed by atoms with Crippen LogP contribution in [-0.2, 0) is 9.53 Å². The van der Waals surface area contributed by atoms with Crippen molar-refractivity contribution in [3.63, 3.8) is 0 Å². The summed E-state index contributed by atoms with van der Waals surface area (Å²) in [7, 11) is 1.40. The van der Waals surface area contributed by atoms with Crippen LogP contribution in [0.15, 0.2) is 6.20 Å². The van der Waals surface area contributed by atoms with Crippen molar-refractivity contribution in [2.24, 2.45) is 5.92 Å². The molecule has 7 heteroatoms. The number of hydrogen-bond donors (Lipinski definition) is 2. The van der Waals surface area contributed by atoms with Crippen LogP contribution >= 0.6 is 0 Å². The molecule has 2 rings (SSSR count). The van der Waals surface area contributed by atoms with Gasteiger partial charge in [0.25, 0.3) is 5.91 Å². The highest BCUT2D eigenvalue weighted by atomic mass is 16.5. The smallest absolute Gasteiger partial charge is 0.308 e. The molecule has 0 unspecified atom stereocenters. The molecule has 1 fully saturated rings. The highest BCUT2D eigenvalue weighted by Crippen LogP contribution is 2.25. The average Bonchev–Trinajstić information content (AvgIpc) is 2.92. The quantitative estimate of drug-likeness (QED) is 0.752. The van der Waals surface area contributed by atoms with E-state index >= 15 is 0 Å². The van der Waals surface area contributed by atoms with Crippen molar-refractivity contribution in [3.05, 3.63) is 11.9 Å². The zero-order valence-corrected chi connectivity index (χ0v) is 10.2. The molecule has 1 aliphatic rings. The number of nitrogens with zero attached hydrogens (tertiary/aromatic N) is 2. The van der Waals surface area contributed by atoms with Gasteiger partial charge in [0.05, 0.1) is 19.2 Å². The van der Waals surface area contributed by atoms with E-state index in [-0.39, 0.29) is 29.5 Å². The number of hydrogen-bond acceptors (Lipinski definition) is 5. The number of aromatic amines is 1. The second kappa shape index (κ2) is 5.61. The minimum atomic E-state index is -0.231. The molecule has 0 bridgehead atoms. The summed E-state index contributed by atoms with van der Waals surface area (Å²) < 4.78 is 4.72. The molecule has 98 valence electrons. The van der Waals surface area contributed by atoms with Gasteiger partial charge in [0.1, 0.15) is 0 Å². The lowest BCUT2D eigenvalue weighted by atomic mass is 9.86. The van der Waals surface area contributed by atoms with Gasteiger partial charge >= 0.3 is 5.97 Å². The summed E-state index contributed by atoms with van der Waals surface area (Å²) in [4.78, 5) is 23.1. The standard InChI is InChI=1S/C11H16N4O3/c1-18-11(17)7-2-4-8(5-3-7)13-10(16)9-6-12-15-14-9/h6-8H,2-5H2,1H3,(H,13,16)(H,12,14,15). The third-order valence-electron chi connectivity index (χ3n) is 3.24. The van der Waals surface area contributed by atoms with Crippen LogP contribution in [-0.4, -0.2) is 40.4 Å². The molecule has 0 atom stereocenters. The molecule has 0 radical (unpaired) electrons. The van der Waals surface area contributed by atoms with Gasteiger partial charge in [-0.3, -0.25) is 9.59 Å². The third kappa shape index (κ3) is 2.85. The summed E-state index contributed by atoms with van der Waals surface area (Å²) in [6, 6.07) is 0.0927. The molecule has 0 aromatic carbocycles. The first-order valence-corrected chi connectivity index (χ1v) is 5.95. The van der Waals surface area contributed by atoms with Crippen LogP contribution in [0.4, 0.5) is 0 Å². The maximum atomic E-state index is 11.7. The van der Waals surface area contributed by atoms with E-state index in [9.17, 15) is 9.59 Å². The van der Waals surface area contributed by atoms with Gasteiger partial charge in [-0.25, -0.2) is 0 Å². The predicted octanol–water partition coefficient (Wildman–Crippen LogP) is 0.266. The summed E-state index contributed by atoms with van der Waals surface area (Å²) >= 11 is 0. The summed E-state index contributed by atoms with van der Waals surface area (Å²) in [5, 5.41) is 12.6. The summed E-state index contributed by atoms with van der Waals surface area (Å²) in [5.41, 5.74) is 0.282. The normalized spacial score (nSPS) is 23.4. The maximum Gasteiger partial charge on any atom is 0.308 e. The van der Waals surface area contributed by atoms with E-state index in [0.717, 1.165) is 25.7 Å². The van der Waals surface area contributed by atoms with Gasteiger partial charge in [0, 0.05) is 6.04 Å². The minimum Gasteiger partial charge on any atom is -0.469 e. The highest BCUT2D eigenvalue weighted by molar-refractivity contribution is 5.92. The van der Waals surface area contributed by atoms with Gasteiger partial charge < -0.3 is 10.1 Å². The Hall–Kier alpha value is -1.92. The van der Waals surface area contributed by atoms with Gasteiger partial charge in [-0.2, -0.15) is 15.4 Å². The molecular weight excluding hydrogens is 236 g/mol. The fraction of sp³-hybridized carbons (Fsp3) is 0.636. The lowest BCUT2D eigenvalue weighted by Gasteiger charge is -2.27. The molecule has 1 saturated carbocycles. The van der Waals surface area contributed by atoms with Crippen molar-refractivity contribution in [3.8, 4) is 0 Å². The summed E-state index contributed by atoms with van der Waals surface area (Å²) in [6.07, 6.45) is 4.44. The summed E-state index contributed by atoms with van der Waals surface area (Å²) in [6.45, 7) is 0. The second-order valence-electron chi connectivity index (χ2n) is 4.40. The molecule has 7 nitrogen and oxygen atoms in total. The highest BCUT2D eigenvalue weighted by Gasteiger charge is 2.28. The Bertz CT molecular complexity index is 410. The van der Waals surface area contributed by atoms with Crippen LogP contribution in [0.3, 0.4) is 0 Å². The van der Waals surface area contributed by atoms with Crippen molar-refractivity contribution in [1.82, 2.24) is 20.7 Å². The van der Waals surface area contributed by atoms with Gasteiger partial charge in [-0.15, -0.1) is 0 Å². The second-order valence-corrected chi connectivity index (χ2v) is 4.40. The summed E-state index contributed by atoms with van der Waals surface area (Å²) in [5.74, 6) is -0.420. The Morgan fingerprint density at radius 3 is 2.67 bits per heavy atom. The topological polar surface area (TPSA) is 97.0 Å². The fourth-order valence-corrected chi connectivity index (χ4v) is 2.21. The number of ether oxygens (including phenoxy) is 1. The van der Waals surface area contributed by atoms with Crippen molar-refractivity contribution in [2.75, 3.05) is 7.11 Å². The van der Waals surface area contributed by atoms with Crippen LogP contribution < -0.4 is 5.32 Å². The number of rotatable bonds is 3. The van der Waals surface area contributed by atoms with E-state index in [1.165, 1.54) is 13.3 Å². The van der Waals surface area contributed by atoms with E-state index in [2.05, 4.69) is 20.7 Å². The predicted molar refractivity (Wildman–Crippen MR) is 61.6 cm³/mol. The number of aromatic nitrogens is 3. The molecule has 1 amide bonds. The monoisotopic (exact) mass is 252 g/mol. The zero-order chi connectivity index (χ0) is 13.0. The van der Waals surface area contributed by atoms with Crippen LogP contribution in [0.5, 0.6) is 0 Å². The van der Waals surface area contributed by atoms with Gasteiger partial charge in [0.15, 0.2) is 5.69 Å². The number of carbonyl (C=O) groups is 2. The van der Waals surface area contributed by atoms with Crippen LogP contribution in [0.1, 0.15) is 36.2 Å². The molecule has 1 aliphatic carbocycles. The number of methoxy groups -OCH3 is 1. The van der Waals surface area contributed by atoms with Crippen molar-refractivity contribution in [2.45, 2.75) is 31.7 Å². The lowest BCUT2D eigenvalue weighted by Crippen LogP contribution is -2.39. The molecule has 0 spiro atoms. The van der Waals surface area contributed by atoms with Crippen molar-refractivity contribution < 1.29 is 14.3 Å². The Morgan fingerprint density at radius 1 is 1.39 bits per heavy atom. The molecule has 0 aliphatic heterocycles. The SMILES string of the molecule is COC(=O)C1CCC(NC(=O)c2cn[nH]n2)CC1. The maximum absolute atomic E-state index is 11.7. The van der Waals surface area contributed by atoms with Crippen molar-refractivity contribution >= 4 is 11.9 Å². The molecule has 0 saturated heterocycles. The molecule has 1 heterocycles. The third-order valence-corrected chi connectivity index (χ3v) is 3.24. The van der Waals surface area contributed by atoms with E-state index in [4.69, 9.17) is 4.74 Å². The van der Waals surface area contributed by atoms with Crippen LogP contribution in [0.2, 0.25) is 0 Å². The molecule has 1 aromatic rings.